The van der Waals surface area contributed by atoms with Crippen molar-refractivity contribution in [1.29, 1.82) is 0 Å². The summed E-state index contributed by atoms with van der Waals surface area (Å²) >= 11 is 0. The highest BCUT2D eigenvalue weighted by molar-refractivity contribution is 5.78. The van der Waals surface area contributed by atoms with Crippen molar-refractivity contribution in [1.82, 2.24) is 10.2 Å². The number of aryl methyl sites for hydroxylation is 1. The van der Waals surface area contributed by atoms with Gasteiger partial charge in [0.15, 0.2) is 0 Å². The average molecular weight is 262 g/mol. The fraction of sp³-hybridized carbons (Fsp3) is 0.562. The second-order valence-electron chi connectivity index (χ2n) is 5.04. The van der Waals surface area contributed by atoms with Crippen molar-refractivity contribution < 1.29 is 4.79 Å². The predicted molar refractivity (Wildman–Crippen MR) is 80.0 cm³/mol. The molecule has 0 heterocycles. The highest BCUT2D eigenvalue weighted by atomic mass is 16.2. The Labute approximate surface area is 117 Å². The summed E-state index contributed by atoms with van der Waals surface area (Å²) in [5.74, 6) is 0.114. The van der Waals surface area contributed by atoms with E-state index in [1.807, 2.05) is 12.1 Å². The van der Waals surface area contributed by atoms with Crippen LogP contribution in [-0.4, -0.2) is 30.4 Å². The molecule has 0 saturated carbocycles. The van der Waals surface area contributed by atoms with Gasteiger partial charge in [0.05, 0.1) is 6.54 Å². The number of rotatable bonds is 8. The van der Waals surface area contributed by atoms with Crippen LogP contribution in [0, 0.1) is 6.92 Å². The zero-order valence-corrected chi connectivity index (χ0v) is 12.4. The van der Waals surface area contributed by atoms with Gasteiger partial charge in [0.2, 0.25) is 5.91 Å². The third kappa shape index (κ3) is 6.39. The number of nitrogens with one attached hydrogen (secondary N) is 1. The molecule has 1 rings (SSSR count). The fourth-order valence-corrected chi connectivity index (χ4v) is 2.18. The summed E-state index contributed by atoms with van der Waals surface area (Å²) in [6.45, 7) is 9.47. The molecule has 1 aromatic carbocycles. The Morgan fingerprint density at radius 1 is 1.21 bits per heavy atom. The molecule has 0 radical (unpaired) electrons. The van der Waals surface area contributed by atoms with Gasteiger partial charge in [-0.3, -0.25) is 9.69 Å². The van der Waals surface area contributed by atoms with E-state index in [-0.39, 0.29) is 5.91 Å². The summed E-state index contributed by atoms with van der Waals surface area (Å²) in [5, 5.41) is 2.99. The molecule has 3 nitrogen and oxygen atoms in total. The van der Waals surface area contributed by atoms with Crippen molar-refractivity contribution in [3.63, 3.8) is 0 Å². The first-order chi connectivity index (χ1) is 9.15. The maximum atomic E-state index is 11.9. The molecule has 19 heavy (non-hydrogen) atoms. The summed E-state index contributed by atoms with van der Waals surface area (Å²) in [4.78, 5) is 14.1. The summed E-state index contributed by atoms with van der Waals surface area (Å²) in [5.41, 5.74) is 2.39. The average Bonchev–Trinajstić information content (AvgIpc) is 2.37. The minimum atomic E-state index is 0.114. The minimum absolute atomic E-state index is 0.114. The van der Waals surface area contributed by atoms with Crippen LogP contribution in [-0.2, 0) is 11.3 Å². The summed E-state index contributed by atoms with van der Waals surface area (Å²) < 4.78 is 0. The lowest BCUT2D eigenvalue weighted by atomic mass is 10.1. The molecule has 1 N–H and O–H groups in total. The highest BCUT2D eigenvalue weighted by Gasteiger charge is 2.08. The topological polar surface area (TPSA) is 32.3 Å². The molecule has 0 aliphatic rings. The minimum Gasteiger partial charge on any atom is -0.351 e. The zero-order chi connectivity index (χ0) is 14.1. The Morgan fingerprint density at radius 2 is 1.89 bits per heavy atom. The van der Waals surface area contributed by atoms with Gasteiger partial charge in [-0.1, -0.05) is 43.7 Å². The number of carbonyl (C=O) groups is 1. The quantitative estimate of drug-likeness (QED) is 0.781. The first kappa shape index (κ1) is 15.7. The molecule has 1 amide bonds. The monoisotopic (exact) mass is 262 g/mol. The fourth-order valence-electron chi connectivity index (χ4n) is 2.18. The third-order valence-electron chi connectivity index (χ3n) is 3.02. The van der Waals surface area contributed by atoms with Crippen LogP contribution in [0.2, 0.25) is 0 Å². The van der Waals surface area contributed by atoms with Crippen molar-refractivity contribution >= 4 is 5.91 Å². The number of carbonyl (C=O) groups excluding carboxylic acids is 1. The highest BCUT2D eigenvalue weighted by Crippen LogP contribution is 2.03. The van der Waals surface area contributed by atoms with Gasteiger partial charge < -0.3 is 5.32 Å². The van der Waals surface area contributed by atoms with Crippen LogP contribution < -0.4 is 5.32 Å². The van der Waals surface area contributed by atoms with Crippen molar-refractivity contribution in [3.8, 4) is 0 Å². The first-order valence-electron chi connectivity index (χ1n) is 7.20. The van der Waals surface area contributed by atoms with Gasteiger partial charge in [-0.25, -0.2) is 0 Å². The molecule has 0 aliphatic carbocycles. The van der Waals surface area contributed by atoms with Gasteiger partial charge >= 0.3 is 0 Å². The smallest absolute Gasteiger partial charge is 0.234 e. The lowest BCUT2D eigenvalue weighted by molar-refractivity contribution is -0.122. The second kappa shape index (κ2) is 8.70. The number of benzene rings is 1. The predicted octanol–water partition coefficient (Wildman–Crippen LogP) is 2.73. The standard InChI is InChI=1S/C16H26N2O/c1-4-9-18(10-5-2)13-16(19)17-12-15-8-6-7-14(3)11-15/h6-8,11H,4-5,9-10,12-13H2,1-3H3,(H,17,19). The van der Waals surface area contributed by atoms with Crippen molar-refractivity contribution in [2.45, 2.75) is 40.2 Å². The summed E-state index contributed by atoms with van der Waals surface area (Å²) in [7, 11) is 0. The van der Waals surface area contributed by atoms with E-state index in [2.05, 4.69) is 43.1 Å². The van der Waals surface area contributed by atoms with Gasteiger partial charge in [0.1, 0.15) is 0 Å². The van der Waals surface area contributed by atoms with E-state index >= 15 is 0 Å². The molecule has 0 bridgehead atoms. The molecule has 0 unspecified atom stereocenters. The molecule has 0 atom stereocenters. The van der Waals surface area contributed by atoms with Gasteiger partial charge in [0.25, 0.3) is 0 Å². The number of hydrogen-bond donors (Lipinski definition) is 1. The number of amides is 1. The maximum absolute atomic E-state index is 11.9. The van der Waals surface area contributed by atoms with Crippen LogP contribution in [0.1, 0.15) is 37.8 Å². The molecule has 106 valence electrons. The molecule has 0 fully saturated rings. The SMILES string of the molecule is CCCN(CCC)CC(=O)NCc1cccc(C)c1. The second-order valence-corrected chi connectivity index (χ2v) is 5.04. The van der Waals surface area contributed by atoms with Crippen LogP contribution in [0.15, 0.2) is 24.3 Å². The molecular formula is C16H26N2O. The molecular weight excluding hydrogens is 236 g/mol. The van der Waals surface area contributed by atoms with E-state index in [1.165, 1.54) is 5.56 Å². The number of nitrogens with zero attached hydrogens (tertiary/aromatic N) is 1. The van der Waals surface area contributed by atoms with Gasteiger partial charge in [-0.05, 0) is 38.4 Å². The van der Waals surface area contributed by atoms with E-state index in [4.69, 9.17) is 0 Å². The number of hydrogen-bond acceptors (Lipinski definition) is 2. The van der Waals surface area contributed by atoms with E-state index in [1.54, 1.807) is 0 Å². The van der Waals surface area contributed by atoms with E-state index < -0.39 is 0 Å². The molecule has 0 aromatic heterocycles. The van der Waals surface area contributed by atoms with Gasteiger partial charge in [-0.15, -0.1) is 0 Å². The van der Waals surface area contributed by atoms with Crippen molar-refractivity contribution in [2.75, 3.05) is 19.6 Å². The van der Waals surface area contributed by atoms with Crippen LogP contribution in [0.3, 0.4) is 0 Å². The first-order valence-corrected chi connectivity index (χ1v) is 7.20. The van der Waals surface area contributed by atoms with Crippen molar-refractivity contribution in [2.24, 2.45) is 0 Å². The maximum Gasteiger partial charge on any atom is 0.234 e. The molecule has 3 heteroatoms. The van der Waals surface area contributed by atoms with E-state index in [0.717, 1.165) is 31.5 Å². The summed E-state index contributed by atoms with van der Waals surface area (Å²) in [6, 6.07) is 8.24. The normalized spacial score (nSPS) is 10.7. The zero-order valence-electron chi connectivity index (χ0n) is 12.4. The van der Waals surface area contributed by atoms with Crippen LogP contribution in [0.4, 0.5) is 0 Å². The Hall–Kier alpha value is -1.35. The van der Waals surface area contributed by atoms with Crippen molar-refractivity contribution in [3.05, 3.63) is 35.4 Å². The third-order valence-corrected chi connectivity index (χ3v) is 3.02. The lowest BCUT2D eigenvalue weighted by Crippen LogP contribution is -2.37. The Morgan fingerprint density at radius 3 is 2.47 bits per heavy atom. The van der Waals surface area contributed by atoms with Crippen LogP contribution in [0.5, 0.6) is 0 Å². The molecule has 1 aromatic rings. The van der Waals surface area contributed by atoms with E-state index in [0.29, 0.717) is 13.1 Å². The van der Waals surface area contributed by atoms with Gasteiger partial charge in [0, 0.05) is 6.54 Å². The largest absolute Gasteiger partial charge is 0.351 e. The molecule has 0 saturated heterocycles. The Balaban J connectivity index is 2.37. The lowest BCUT2D eigenvalue weighted by Gasteiger charge is -2.20. The summed E-state index contributed by atoms with van der Waals surface area (Å²) in [6.07, 6.45) is 2.18. The van der Waals surface area contributed by atoms with Crippen LogP contribution >= 0.6 is 0 Å². The Kier molecular flexibility index (Phi) is 7.19. The van der Waals surface area contributed by atoms with Crippen LogP contribution in [0.25, 0.3) is 0 Å². The Bertz CT molecular complexity index is 384. The van der Waals surface area contributed by atoms with Gasteiger partial charge in [-0.2, -0.15) is 0 Å². The molecule has 0 spiro atoms. The molecule has 0 aliphatic heterocycles. The van der Waals surface area contributed by atoms with E-state index in [9.17, 15) is 4.79 Å².